The van der Waals surface area contributed by atoms with Gasteiger partial charge in [-0.15, -0.1) is 0 Å². The number of hydrazone groups is 1. The first-order valence-electron chi connectivity index (χ1n) is 6.27. The molecule has 0 aromatic heterocycles. The van der Waals surface area contributed by atoms with Crippen molar-refractivity contribution < 1.29 is 0 Å². The van der Waals surface area contributed by atoms with Crippen molar-refractivity contribution in [3.05, 3.63) is 71.3 Å². The van der Waals surface area contributed by atoms with Gasteiger partial charge in [-0.1, -0.05) is 60.2 Å². The molecule has 0 bridgehead atoms. The molecule has 1 aliphatic heterocycles. The minimum Gasteiger partial charge on any atom is -0.309 e. The molecule has 0 aliphatic carbocycles. The first-order chi connectivity index (χ1) is 8.84. The first kappa shape index (κ1) is 11.0. The van der Waals surface area contributed by atoms with Gasteiger partial charge in [0.15, 0.2) is 0 Å². The summed E-state index contributed by atoms with van der Waals surface area (Å²) in [5.41, 5.74) is 8.07. The third-order valence-corrected chi connectivity index (χ3v) is 3.37. The number of hydrogen-bond acceptors (Lipinski definition) is 2. The highest BCUT2D eigenvalue weighted by atomic mass is 15.3. The van der Waals surface area contributed by atoms with Gasteiger partial charge in [-0.2, -0.15) is 5.10 Å². The maximum absolute atomic E-state index is 4.46. The van der Waals surface area contributed by atoms with Crippen molar-refractivity contribution in [3.8, 4) is 0 Å². The van der Waals surface area contributed by atoms with Gasteiger partial charge in [0.1, 0.15) is 0 Å². The molecule has 0 saturated carbocycles. The maximum Gasteiger partial charge on any atom is 0.0768 e. The molecule has 1 aliphatic rings. The van der Waals surface area contributed by atoms with E-state index in [0.29, 0.717) is 5.92 Å². The van der Waals surface area contributed by atoms with Crippen LogP contribution in [0.5, 0.6) is 0 Å². The van der Waals surface area contributed by atoms with E-state index < -0.39 is 0 Å². The van der Waals surface area contributed by atoms with Gasteiger partial charge in [0, 0.05) is 12.5 Å². The van der Waals surface area contributed by atoms with Crippen molar-refractivity contribution >= 4 is 5.71 Å². The standard InChI is InChI=1S/C16H16N2/c1-12-7-9-14(10-8-12)16-15(11-17-18-16)13-5-3-2-4-6-13/h2-10,15,17H,11H2,1H3/t15-/m1/s1. The average Bonchev–Trinajstić information content (AvgIpc) is 2.90. The van der Waals surface area contributed by atoms with Crippen molar-refractivity contribution in [2.75, 3.05) is 6.54 Å². The van der Waals surface area contributed by atoms with E-state index in [1.807, 2.05) is 0 Å². The number of benzene rings is 2. The van der Waals surface area contributed by atoms with Crippen molar-refractivity contribution in [2.24, 2.45) is 5.10 Å². The molecular formula is C16H16N2. The minimum absolute atomic E-state index is 0.355. The highest BCUT2D eigenvalue weighted by Crippen LogP contribution is 2.24. The summed E-state index contributed by atoms with van der Waals surface area (Å²) in [6.45, 7) is 2.99. The second kappa shape index (κ2) is 4.65. The van der Waals surface area contributed by atoms with Crippen LogP contribution in [0.25, 0.3) is 0 Å². The largest absolute Gasteiger partial charge is 0.309 e. The lowest BCUT2D eigenvalue weighted by Gasteiger charge is -2.12. The van der Waals surface area contributed by atoms with Crippen molar-refractivity contribution in [1.82, 2.24) is 5.43 Å². The van der Waals surface area contributed by atoms with Crippen LogP contribution in [0.3, 0.4) is 0 Å². The zero-order chi connectivity index (χ0) is 12.4. The van der Waals surface area contributed by atoms with Crippen LogP contribution in [0, 0.1) is 6.92 Å². The molecule has 2 aromatic rings. The quantitative estimate of drug-likeness (QED) is 0.851. The van der Waals surface area contributed by atoms with Gasteiger partial charge >= 0.3 is 0 Å². The topological polar surface area (TPSA) is 24.4 Å². The number of aryl methyl sites for hydroxylation is 1. The fraction of sp³-hybridized carbons (Fsp3) is 0.188. The van der Waals surface area contributed by atoms with E-state index in [0.717, 1.165) is 12.3 Å². The third kappa shape index (κ3) is 2.02. The normalized spacial score (nSPS) is 18.3. The van der Waals surface area contributed by atoms with Crippen molar-refractivity contribution in [1.29, 1.82) is 0 Å². The molecule has 1 heterocycles. The van der Waals surface area contributed by atoms with Gasteiger partial charge in [0.05, 0.1) is 5.71 Å². The maximum atomic E-state index is 4.46. The van der Waals surface area contributed by atoms with Gasteiger partial charge < -0.3 is 5.43 Å². The van der Waals surface area contributed by atoms with Crippen molar-refractivity contribution in [3.63, 3.8) is 0 Å². The zero-order valence-corrected chi connectivity index (χ0v) is 10.4. The molecule has 0 amide bonds. The SMILES string of the molecule is Cc1ccc(C2=NNC[C@@H]2c2ccccc2)cc1. The summed E-state index contributed by atoms with van der Waals surface area (Å²) in [5.74, 6) is 0.355. The predicted molar refractivity (Wildman–Crippen MR) is 74.9 cm³/mol. The van der Waals surface area contributed by atoms with Crippen molar-refractivity contribution in [2.45, 2.75) is 12.8 Å². The van der Waals surface area contributed by atoms with Gasteiger partial charge in [-0.3, -0.25) is 0 Å². The third-order valence-electron chi connectivity index (χ3n) is 3.37. The Bertz CT molecular complexity index is 555. The van der Waals surface area contributed by atoms with E-state index in [2.05, 4.69) is 72.0 Å². The molecule has 0 fully saturated rings. The van der Waals surface area contributed by atoms with E-state index in [4.69, 9.17) is 0 Å². The lowest BCUT2D eigenvalue weighted by molar-refractivity contribution is 0.763. The van der Waals surface area contributed by atoms with E-state index in [9.17, 15) is 0 Å². The number of hydrogen-bond donors (Lipinski definition) is 1. The Morgan fingerprint density at radius 3 is 2.44 bits per heavy atom. The molecule has 18 heavy (non-hydrogen) atoms. The Balaban J connectivity index is 1.94. The van der Waals surface area contributed by atoms with Crippen LogP contribution in [0.4, 0.5) is 0 Å². The van der Waals surface area contributed by atoms with Gasteiger partial charge in [0.2, 0.25) is 0 Å². The molecule has 1 N–H and O–H groups in total. The number of nitrogens with zero attached hydrogens (tertiary/aromatic N) is 1. The second-order valence-electron chi connectivity index (χ2n) is 4.69. The van der Waals surface area contributed by atoms with Gasteiger partial charge in [0.25, 0.3) is 0 Å². The lowest BCUT2D eigenvalue weighted by Crippen LogP contribution is -2.14. The fourth-order valence-corrected chi connectivity index (χ4v) is 2.35. The number of nitrogens with one attached hydrogen (secondary N) is 1. The van der Waals surface area contributed by atoms with E-state index in [-0.39, 0.29) is 0 Å². The summed E-state index contributed by atoms with van der Waals surface area (Å²) in [5, 5.41) is 4.46. The molecule has 90 valence electrons. The summed E-state index contributed by atoms with van der Waals surface area (Å²) in [4.78, 5) is 0. The van der Waals surface area contributed by atoms with Gasteiger partial charge in [-0.25, -0.2) is 0 Å². The smallest absolute Gasteiger partial charge is 0.0768 e. The Morgan fingerprint density at radius 2 is 1.72 bits per heavy atom. The number of rotatable bonds is 2. The summed E-state index contributed by atoms with van der Waals surface area (Å²) >= 11 is 0. The predicted octanol–water partition coefficient (Wildman–Crippen LogP) is 3.09. The van der Waals surface area contributed by atoms with Crippen LogP contribution < -0.4 is 5.43 Å². The monoisotopic (exact) mass is 236 g/mol. The Hall–Kier alpha value is -2.09. The molecule has 2 aromatic carbocycles. The Labute approximate surface area is 107 Å². The Morgan fingerprint density at radius 1 is 1.00 bits per heavy atom. The molecule has 0 radical (unpaired) electrons. The summed E-state index contributed by atoms with van der Waals surface area (Å²) in [6.07, 6.45) is 0. The molecular weight excluding hydrogens is 220 g/mol. The highest BCUT2D eigenvalue weighted by molar-refractivity contribution is 6.06. The molecule has 0 saturated heterocycles. The van der Waals surface area contributed by atoms with Crippen LogP contribution >= 0.6 is 0 Å². The van der Waals surface area contributed by atoms with Crippen LogP contribution in [-0.2, 0) is 0 Å². The molecule has 1 atom stereocenters. The fourth-order valence-electron chi connectivity index (χ4n) is 2.35. The van der Waals surface area contributed by atoms with Crippen LogP contribution in [0.1, 0.15) is 22.6 Å². The summed E-state index contributed by atoms with van der Waals surface area (Å²) in [7, 11) is 0. The Kier molecular flexibility index (Phi) is 2.85. The lowest BCUT2D eigenvalue weighted by atomic mass is 9.90. The molecule has 2 heteroatoms. The van der Waals surface area contributed by atoms with Crippen LogP contribution in [0.15, 0.2) is 59.7 Å². The summed E-state index contributed by atoms with van der Waals surface area (Å²) in [6, 6.07) is 19.1. The van der Waals surface area contributed by atoms with Crippen LogP contribution in [0.2, 0.25) is 0 Å². The van der Waals surface area contributed by atoms with E-state index in [1.54, 1.807) is 0 Å². The second-order valence-corrected chi connectivity index (χ2v) is 4.69. The van der Waals surface area contributed by atoms with E-state index >= 15 is 0 Å². The van der Waals surface area contributed by atoms with Crippen LogP contribution in [-0.4, -0.2) is 12.3 Å². The first-order valence-corrected chi connectivity index (χ1v) is 6.27. The summed E-state index contributed by atoms with van der Waals surface area (Å²) < 4.78 is 0. The highest BCUT2D eigenvalue weighted by Gasteiger charge is 2.23. The molecule has 2 nitrogen and oxygen atoms in total. The zero-order valence-electron chi connectivity index (χ0n) is 10.4. The van der Waals surface area contributed by atoms with E-state index in [1.165, 1.54) is 16.7 Å². The average molecular weight is 236 g/mol. The molecule has 0 unspecified atom stereocenters. The molecule has 0 spiro atoms. The molecule has 3 rings (SSSR count). The minimum atomic E-state index is 0.355. The van der Waals surface area contributed by atoms with Gasteiger partial charge in [-0.05, 0) is 18.1 Å².